The summed E-state index contributed by atoms with van der Waals surface area (Å²) >= 11 is 0. The van der Waals surface area contributed by atoms with Gasteiger partial charge in [0.15, 0.2) is 5.79 Å². The Bertz CT molecular complexity index is 490. The Morgan fingerprint density at radius 3 is 2.50 bits per heavy atom. The molecule has 0 saturated carbocycles. The van der Waals surface area contributed by atoms with Crippen LogP contribution < -0.4 is 10.6 Å². The van der Waals surface area contributed by atoms with Crippen LogP contribution in [0.5, 0.6) is 0 Å². The topological polar surface area (TPSA) is 59.6 Å². The monoisotopic (exact) mass is 278 g/mol. The van der Waals surface area contributed by atoms with Crippen molar-refractivity contribution in [2.75, 3.05) is 25.6 Å². The second-order valence-corrected chi connectivity index (χ2v) is 5.47. The summed E-state index contributed by atoms with van der Waals surface area (Å²) in [5, 5.41) is 6.01. The van der Waals surface area contributed by atoms with Gasteiger partial charge in [0.25, 0.3) is 5.91 Å². The highest BCUT2D eigenvalue weighted by molar-refractivity contribution is 5.94. The largest absolute Gasteiger partial charge is 0.377 e. The van der Waals surface area contributed by atoms with E-state index in [4.69, 9.17) is 9.47 Å². The molecule has 1 saturated heterocycles. The van der Waals surface area contributed by atoms with Crippen LogP contribution in [0.15, 0.2) is 18.2 Å². The van der Waals surface area contributed by atoms with Gasteiger partial charge in [0, 0.05) is 18.3 Å². The van der Waals surface area contributed by atoms with Crippen molar-refractivity contribution >= 4 is 11.6 Å². The maximum atomic E-state index is 11.6. The fraction of sp³-hybridized carbons (Fsp3) is 0.533. The van der Waals surface area contributed by atoms with Gasteiger partial charge in [-0.25, -0.2) is 0 Å². The number of benzene rings is 1. The molecule has 1 heterocycles. The summed E-state index contributed by atoms with van der Waals surface area (Å²) in [6, 6.07) is 5.71. The third-order valence-corrected chi connectivity index (χ3v) is 3.34. The Morgan fingerprint density at radius 1 is 1.30 bits per heavy atom. The van der Waals surface area contributed by atoms with Crippen LogP contribution in [0.25, 0.3) is 0 Å². The van der Waals surface area contributed by atoms with Crippen LogP contribution in [0.2, 0.25) is 0 Å². The number of hydrogen-bond donors (Lipinski definition) is 2. The van der Waals surface area contributed by atoms with Crippen molar-refractivity contribution in [1.29, 1.82) is 0 Å². The molecule has 2 N–H and O–H groups in total. The van der Waals surface area contributed by atoms with Crippen LogP contribution in [0.3, 0.4) is 0 Å². The predicted octanol–water partition coefficient (Wildman–Crippen LogP) is 1.92. The van der Waals surface area contributed by atoms with Crippen molar-refractivity contribution in [3.05, 3.63) is 29.3 Å². The molecule has 110 valence electrons. The molecule has 1 amide bonds. The van der Waals surface area contributed by atoms with Gasteiger partial charge in [-0.05, 0) is 44.5 Å². The van der Waals surface area contributed by atoms with Gasteiger partial charge in [-0.3, -0.25) is 4.79 Å². The lowest BCUT2D eigenvalue weighted by molar-refractivity contribution is -0.247. The zero-order valence-electron chi connectivity index (χ0n) is 12.4. The summed E-state index contributed by atoms with van der Waals surface area (Å²) in [7, 11) is 1.63. The van der Waals surface area contributed by atoms with Gasteiger partial charge in [-0.2, -0.15) is 0 Å². The molecule has 0 aliphatic carbocycles. The normalized spacial score (nSPS) is 18.6. The molecule has 0 aromatic heterocycles. The first-order chi connectivity index (χ1) is 9.41. The predicted molar refractivity (Wildman–Crippen MR) is 78.0 cm³/mol. The SMILES string of the molecule is CNC(=O)c1ccc(NC2COC(C)(C)OC2)c(C)c1. The average Bonchev–Trinajstić information content (AvgIpc) is 2.42. The van der Waals surface area contributed by atoms with Gasteiger partial charge in [-0.15, -0.1) is 0 Å². The van der Waals surface area contributed by atoms with E-state index in [2.05, 4.69) is 10.6 Å². The molecular weight excluding hydrogens is 256 g/mol. The highest BCUT2D eigenvalue weighted by Crippen LogP contribution is 2.22. The average molecular weight is 278 g/mol. The van der Waals surface area contributed by atoms with Crippen LogP contribution in [-0.4, -0.2) is 38.0 Å². The van der Waals surface area contributed by atoms with Crippen molar-refractivity contribution in [3.8, 4) is 0 Å². The Balaban J connectivity index is 2.02. The van der Waals surface area contributed by atoms with E-state index >= 15 is 0 Å². The number of nitrogens with one attached hydrogen (secondary N) is 2. The number of ether oxygens (including phenoxy) is 2. The van der Waals surface area contributed by atoms with E-state index in [1.165, 1.54) is 0 Å². The zero-order valence-corrected chi connectivity index (χ0v) is 12.4. The summed E-state index contributed by atoms with van der Waals surface area (Å²) in [4.78, 5) is 11.6. The number of anilines is 1. The van der Waals surface area contributed by atoms with Crippen molar-refractivity contribution in [3.63, 3.8) is 0 Å². The second kappa shape index (κ2) is 5.81. The molecule has 1 aliphatic heterocycles. The Kier molecular flexibility index (Phi) is 4.30. The van der Waals surface area contributed by atoms with Crippen LogP contribution in [0.4, 0.5) is 5.69 Å². The van der Waals surface area contributed by atoms with E-state index in [1.807, 2.05) is 39.0 Å². The quantitative estimate of drug-likeness (QED) is 0.887. The summed E-state index contributed by atoms with van der Waals surface area (Å²) in [6.45, 7) is 7.00. The maximum Gasteiger partial charge on any atom is 0.251 e. The van der Waals surface area contributed by atoms with E-state index < -0.39 is 5.79 Å². The van der Waals surface area contributed by atoms with E-state index in [1.54, 1.807) is 7.05 Å². The minimum Gasteiger partial charge on any atom is -0.377 e. The van der Waals surface area contributed by atoms with Crippen LogP contribution in [0, 0.1) is 6.92 Å². The molecule has 0 spiro atoms. The molecule has 20 heavy (non-hydrogen) atoms. The van der Waals surface area contributed by atoms with Gasteiger partial charge in [-0.1, -0.05) is 0 Å². The highest BCUT2D eigenvalue weighted by atomic mass is 16.7. The van der Waals surface area contributed by atoms with E-state index in [0.29, 0.717) is 18.8 Å². The van der Waals surface area contributed by atoms with Crippen LogP contribution in [0.1, 0.15) is 29.8 Å². The van der Waals surface area contributed by atoms with Gasteiger partial charge in [0.05, 0.1) is 19.3 Å². The Labute approximate surface area is 119 Å². The van der Waals surface area contributed by atoms with Gasteiger partial charge >= 0.3 is 0 Å². The lowest BCUT2D eigenvalue weighted by Crippen LogP contribution is -2.45. The van der Waals surface area contributed by atoms with Gasteiger partial charge < -0.3 is 20.1 Å². The minimum atomic E-state index is -0.504. The summed E-state index contributed by atoms with van der Waals surface area (Å²) in [5.74, 6) is -0.582. The third kappa shape index (κ3) is 3.49. The number of carbonyl (C=O) groups is 1. The highest BCUT2D eigenvalue weighted by Gasteiger charge is 2.28. The van der Waals surface area contributed by atoms with Crippen LogP contribution >= 0.6 is 0 Å². The molecule has 1 aromatic carbocycles. The molecule has 5 heteroatoms. The summed E-state index contributed by atoms with van der Waals surface area (Å²) in [6.07, 6.45) is 0. The van der Waals surface area contributed by atoms with E-state index in [0.717, 1.165) is 11.3 Å². The maximum absolute atomic E-state index is 11.6. The molecule has 0 bridgehead atoms. The smallest absolute Gasteiger partial charge is 0.251 e. The lowest BCUT2D eigenvalue weighted by Gasteiger charge is -2.35. The summed E-state index contributed by atoms with van der Waals surface area (Å²) in [5.41, 5.74) is 2.68. The first-order valence-corrected chi connectivity index (χ1v) is 6.78. The van der Waals surface area contributed by atoms with Crippen molar-refractivity contribution in [1.82, 2.24) is 5.32 Å². The van der Waals surface area contributed by atoms with E-state index in [-0.39, 0.29) is 11.9 Å². The number of aryl methyl sites for hydroxylation is 1. The Morgan fingerprint density at radius 2 is 1.95 bits per heavy atom. The molecule has 1 fully saturated rings. The first-order valence-electron chi connectivity index (χ1n) is 6.78. The van der Waals surface area contributed by atoms with Gasteiger partial charge in [0.1, 0.15) is 0 Å². The van der Waals surface area contributed by atoms with E-state index in [9.17, 15) is 4.79 Å². The fourth-order valence-electron chi connectivity index (χ4n) is 2.11. The van der Waals surface area contributed by atoms with Crippen LogP contribution in [-0.2, 0) is 9.47 Å². The zero-order chi connectivity index (χ0) is 14.8. The molecule has 5 nitrogen and oxygen atoms in total. The Hall–Kier alpha value is -1.59. The molecule has 1 aromatic rings. The third-order valence-electron chi connectivity index (χ3n) is 3.34. The number of carbonyl (C=O) groups excluding carboxylic acids is 1. The molecular formula is C15H22N2O3. The number of hydrogen-bond acceptors (Lipinski definition) is 4. The molecule has 0 unspecified atom stereocenters. The fourth-order valence-corrected chi connectivity index (χ4v) is 2.11. The molecule has 1 aliphatic rings. The number of amides is 1. The standard InChI is InChI=1S/C15H22N2O3/c1-10-7-11(14(18)16-4)5-6-13(10)17-12-8-19-15(2,3)20-9-12/h5-7,12,17H,8-9H2,1-4H3,(H,16,18). The molecule has 0 radical (unpaired) electrons. The van der Waals surface area contributed by atoms with Crippen molar-refractivity contribution in [2.45, 2.75) is 32.6 Å². The second-order valence-electron chi connectivity index (χ2n) is 5.47. The molecule has 2 rings (SSSR count). The first kappa shape index (κ1) is 14.8. The number of rotatable bonds is 3. The summed E-state index contributed by atoms with van der Waals surface area (Å²) < 4.78 is 11.2. The van der Waals surface area contributed by atoms with Gasteiger partial charge in [0.2, 0.25) is 0 Å². The molecule has 0 atom stereocenters. The lowest BCUT2D eigenvalue weighted by atomic mass is 10.1. The minimum absolute atomic E-state index is 0.0780. The van der Waals surface area contributed by atoms with Crippen molar-refractivity contribution in [2.24, 2.45) is 0 Å². The van der Waals surface area contributed by atoms with Crippen molar-refractivity contribution < 1.29 is 14.3 Å².